The predicted octanol–water partition coefficient (Wildman–Crippen LogP) is 4.73. The molecule has 0 radical (unpaired) electrons. The van der Waals surface area contributed by atoms with E-state index in [1.807, 2.05) is 4.90 Å². The van der Waals surface area contributed by atoms with E-state index in [1.54, 1.807) is 6.07 Å². The summed E-state index contributed by atoms with van der Waals surface area (Å²) in [6, 6.07) is 7.90. The Bertz CT molecular complexity index is 1700. The van der Waals surface area contributed by atoms with Crippen molar-refractivity contribution in [2.45, 2.75) is 18.8 Å². The van der Waals surface area contributed by atoms with Gasteiger partial charge in [0.1, 0.15) is 34.9 Å². The van der Waals surface area contributed by atoms with Crippen LogP contribution in [0.2, 0.25) is 0 Å². The van der Waals surface area contributed by atoms with Crippen LogP contribution >= 0.6 is 0 Å². The lowest BCUT2D eigenvalue weighted by atomic mass is 9.97. The summed E-state index contributed by atoms with van der Waals surface area (Å²) < 4.78 is 107. The van der Waals surface area contributed by atoms with Crippen molar-refractivity contribution in [1.29, 1.82) is 0 Å². The van der Waals surface area contributed by atoms with Crippen molar-refractivity contribution < 1.29 is 40.2 Å². The largest absolute Gasteiger partial charge is 0.760 e. The van der Waals surface area contributed by atoms with Crippen molar-refractivity contribution in [1.82, 2.24) is 19.7 Å². The Morgan fingerprint density at radius 2 is 1.93 bits per heavy atom. The second-order valence-corrected chi connectivity index (χ2v) is 10.5. The molecule has 3 N–H and O–H groups in total. The molecule has 1 aliphatic rings. The molecule has 0 amide bonds. The molecule has 234 valence electrons. The van der Waals surface area contributed by atoms with Gasteiger partial charge in [-0.2, -0.15) is 13.2 Å². The average molecular weight is 638 g/mol. The number of nitrogens with zero attached hydrogens (tertiary/aromatic N) is 4. The SMILES string of the molecule is COc1cc(-c2cccc(C(F)CCNS(=O)[O-])c2F)cc2c(N3CCOCC3)nc(-c3cnc(N)cc3C(F)(F)F)nc12. The van der Waals surface area contributed by atoms with Crippen LogP contribution in [-0.2, 0) is 22.2 Å². The van der Waals surface area contributed by atoms with Crippen molar-refractivity contribution in [3.8, 4) is 28.3 Å². The molecule has 0 spiro atoms. The third kappa shape index (κ3) is 6.57. The lowest BCUT2D eigenvalue weighted by Crippen LogP contribution is -2.37. The van der Waals surface area contributed by atoms with Gasteiger partial charge in [-0.3, -0.25) is 4.21 Å². The molecule has 0 saturated carbocycles. The molecule has 5 rings (SSSR count). The Morgan fingerprint density at radius 3 is 2.61 bits per heavy atom. The zero-order valence-electron chi connectivity index (χ0n) is 23.2. The van der Waals surface area contributed by atoms with Crippen molar-refractivity contribution in [2.24, 2.45) is 0 Å². The third-order valence-corrected chi connectivity index (χ3v) is 7.48. The molecule has 10 nitrogen and oxygen atoms in total. The van der Waals surface area contributed by atoms with Crippen molar-refractivity contribution in [2.75, 3.05) is 50.6 Å². The van der Waals surface area contributed by atoms with Gasteiger partial charge in [-0.25, -0.2) is 28.5 Å². The van der Waals surface area contributed by atoms with Gasteiger partial charge >= 0.3 is 6.18 Å². The monoisotopic (exact) mass is 637 g/mol. The number of aromatic nitrogens is 3. The zero-order chi connectivity index (χ0) is 31.6. The first-order valence-electron chi connectivity index (χ1n) is 13.3. The Kier molecular flexibility index (Phi) is 9.24. The number of halogens is 5. The maximum Gasteiger partial charge on any atom is 0.417 e. The minimum absolute atomic E-state index is 0.0183. The molecule has 2 unspecified atom stereocenters. The molecule has 2 aromatic carbocycles. The van der Waals surface area contributed by atoms with Gasteiger partial charge in [-0.1, -0.05) is 18.2 Å². The summed E-state index contributed by atoms with van der Waals surface area (Å²) in [5.41, 5.74) is 4.28. The fourth-order valence-electron chi connectivity index (χ4n) is 4.96. The molecule has 16 heteroatoms. The van der Waals surface area contributed by atoms with Crippen molar-refractivity contribution in [3.05, 3.63) is 59.5 Å². The van der Waals surface area contributed by atoms with Gasteiger partial charge in [0.2, 0.25) is 0 Å². The third-order valence-electron chi connectivity index (χ3n) is 7.04. The molecular weight excluding hydrogens is 611 g/mol. The molecule has 44 heavy (non-hydrogen) atoms. The first kappa shape index (κ1) is 31.4. The smallest absolute Gasteiger partial charge is 0.417 e. The Morgan fingerprint density at radius 1 is 1.18 bits per heavy atom. The van der Waals surface area contributed by atoms with Crippen LogP contribution in [0.4, 0.5) is 33.6 Å². The fraction of sp³-hybridized carbons (Fsp3) is 0.321. The minimum Gasteiger partial charge on any atom is -0.760 e. The molecule has 0 bridgehead atoms. The van der Waals surface area contributed by atoms with Crippen molar-refractivity contribution >= 4 is 33.8 Å². The van der Waals surface area contributed by atoms with Crippen LogP contribution in [0.3, 0.4) is 0 Å². The van der Waals surface area contributed by atoms with Gasteiger partial charge in [0.05, 0.1) is 25.9 Å². The Balaban J connectivity index is 1.69. The lowest BCUT2D eigenvalue weighted by molar-refractivity contribution is -0.137. The summed E-state index contributed by atoms with van der Waals surface area (Å²) >= 11 is -2.58. The number of nitrogen functional groups attached to an aromatic ring is 1. The van der Waals surface area contributed by atoms with E-state index in [4.69, 9.17) is 15.2 Å². The number of methoxy groups -OCH3 is 1. The normalized spacial score (nSPS) is 15.4. The molecule has 1 fully saturated rings. The van der Waals surface area contributed by atoms with Gasteiger partial charge in [-0.05, 0) is 30.2 Å². The van der Waals surface area contributed by atoms with Crippen LogP contribution in [0.1, 0.15) is 23.7 Å². The highest BCUT2D eigenvalue weighted by Gasteiger charge is 2.36. The number of pyridine rings is 1. The van der Waals surface area contributed by atoms with Gasteiger partial charge in [0.25, 0.3) is 0 Å². The highest BCUT2D eigenvalue weighted by molar-refractivity contribution is 7.77. The topological polar surface area (TPSA) is 139 Å². The fourth-order valence-corrected chi connectivity index (χ4v) is 5.24. The maximum absolute atomic E-state index is 15.8. The number of fused-ring (bicyclic) bond motifs is 1. The molecule has 4 aromatic rings. The summed E-state index contributed by atoms with van der Waals surface area (Å²) in [6.45, 7) is 1.16. The van der Waals surface area contributed by atoms with Gasteiger partial charge in [-0.15, -0.1) is 0 Å². The number of benzene rings is 2. The first-order valence-corrected chi connectivity index (χ1v) is 14.4. The van der Waals surface area contributed by atoms with E-state index in [1.165, 1.54) is 31.4 Å². The summed E-state index contributed by atoms with van der Waals surface area (Å²) in [5, 5.41) is 0.352. The van der Waals surface area contributed by atoms with E-state index >= 15 is 4.39 Å². The standard InChI is InChI=1S/C28H27F5N6O4S/c1-42-22-12-15(16-3-2-4-17(24(16)30)21(29)5-6-36-44(40)41)11-18-25(22)37-26(38-27(18)39-7-9-43-10-8-39)19-14-35-23(34)13-20(19)28(31,32)33/h2-4,11-14,21,36H,5-10H2,1H3,(H2,34,35)(H,40,41)/p-1. The Hall–Kier alpha value is -3.99. The number of nitrogens with two attached hydrogens (primary N) is 1. The summed E-state index contributed by atoms with van der Waals surface area (Å²) in [7, 11) is 1.33. The van der Waals surface area contributed by atoms with E-state index in [2.05, 4.69) is 19.7 Å². The molecular formula is C28H26F5N6O4S-. The number of hydrogen-bond donors (Lipinski definition) is 2. The molecule has 1 aliphatic heterocycles. The second-order valence-electron chi connectivity index (χ2n) is 9.79. The van der Waals surface area contributed by atoms with E-state index in [9.17, 15) is 26.3 Å². The molecule has 1 saturated heterocycles. The summed E-state index contributed by atoms with van der Waals surface area (Å²) in [6.07, 6.45) is -5.93. The number of morpholine rings is 1. The van der Waals surface area contributed by atoms with Crippen LogP contribution in [0.5, 0.6) is 5.75 Å². The van der Waals surface area contributed by atoms with Gasteiger partial charge in [0.15, 0.2) is 5.82 Å². The second kappa shape index (κ2) is 12.9. The summed E-state index contributed by atoms with van der Waals surface area (Å²) in [4.78, 5) is 14.6. The van der Waals surface area contributed by atoms with Crippen LogP contribution in [-0.4, -0.2) is 63.7 Å². The highest BCUT2D eigenvalue weighted by Crippen LogP contribution is 2.41. The van der Waals surface area contributed by atoms with Crippen LogP contribution < -0.4 is 20.1 Å². The maximum atomic E-state index is 15.8. The van der Waals surface area contributed by atoms with E-state index in [0.29, 0.717) is 37.8 Å². The predicted molar refractivity (Wildman–Crippen MR) is 153 cm³/mol. The van der Waals surface area contributed by atoms with E-state index in [-0.39, 0.29) is 58.4 Å². The molecule has 3 heterocycles. The van der Waals surface area contributed by atoms with Crippen LogP contribution in [0, 0.1) is 5.82 Å². The van der Waals surface area contributed by atoms with Crippen LogP contribution in [0.25, 0.3) is 33.4 Å². The number of ether oxygens (including phenoxy) is 2. The van der Waals surface area contributed by atoms with Gasteiger partial charge < -0.3 is 24.7 Å². The molecule has 0 aliphatic carbocycles. The lowest BCUT2D eigenvalue weighted by Gasteiger charge is -2.29. The minimum atomic E-state index is -4.78. The van der Waals surface area contributed by atoms with Gasteiger partial charge in [0, 0.05) is 59.2 Å². The number of rotatable bonds is 9. The van der Waals surface area contributed by atoms with E-state index < -0.39 is 40.6 Å². The highest BCUT2D eigenvalue weighted by atomic mass is 32.2. The van der Waals surface area contributed by atoms with Crippen molar-refractivity contribution in [3.63, 3.8) is 0 Å². The first-order chi connectivity index (χ1) is 21.0. The quantitative estimate of drug-likeness (QED) is 0.197. The molecule has 2 atom stereocenters. The number of anilines is 2. The number of nitrogens with one attached hydrogen (secondary N) is 1. The average Bonchev–Trinajstić information content (AvgIpc) is 2.99. The zero-order valence-corrected chi connectivity index (χ0v) is 24.0. The summed E-state index contributed by atoms with van der Waals surface area (Å²) in [5.74, 6) is -1.09. The number of alkyl halides is 4. The van der Waals surface area contributed by atoms with Crippen LogP contribution in [0.15, 0.2) is 42.6 Å². The van der Waals surface area contributed by atoms with E-state index in [0.717, 1.165) is 6.20 Å². The molecule has 2 aromatic heterocycles. The Labute approximate surface area is 250 Å². The number of hydrogen-bond acceptors (Lipinski definition) is 9.